The Bertz CT molecular complexity index is 1280. The van der Waals surface area contributed by atoms with Crippen molar-refractivity contribution in [3.8, 4) is 17.9 Å². The van der Waals surface area contributed by atoms with E-state index in [0.717, 1.165) is 16.4 Å². The van der Waals surface area contributed by atoms with Gasteiger partial charge in [0.15, 0.2) is 0 Å². The van der Waals surface area contributed by atoms with Crippen molar-refractivity contribution in [2.24, 2.45) is 0 Å². The minimum absolute atomic E-state index is 0.0628. The van der Waals surface area contributed by atoms with Crippen LogP contribution in [0, 0.1) is 28.5 Å². The predicted molar refractivity (Wildman–Crippen MR) is 99.1 cm³/mol. The summed E-state index contributed by atoms with van der Waals surface area (Å²) in [5.74, 6) is -0.741. The fraction of sp³-hybridized carbons (Fsp3) is 0.300. The lowest BCUT2D eigenvalue weighted by Gasteiger charge is -2.18. The lowest BCUT2D eigenvalue weighted by molar-refractivity contribution is -0.137. The van der Waals surface area contributed by atoms with Gasteiger partial charge < -0.3 is 9.47 Å². The molecule has 0 radical (unpaired) electrons. The molecule has 4 rings (SSSR count). The van der Waals surface area contributed by atoms with E-state index in [4.69, 9.17) is 14.7 Å². The zero-order valence-electron chi connectivity index (χ0n) is 16.1. The number of benzene rings is 2. The summed E-state index contributed by atoms with van der Waals surface area (Å²) in [5.41, 5.74) is -2.95. The molecule has 32 heavy (non-hydrogen) atoms. The molecule has 2 heterocycles. The largest absolute Gasteiger partial charge is 0.486 e. The van der Waals surface area contributed by atoms with Crippen LogP contribution in [-0.4, -0.2) is 44.1 Å². The molecule has 0 amide bonds. The van der Waals surface area contributed by atoms with Crippen LogP contribution in [0.25, 0.3) is 0 Å². The van der Waals surface area contributed by atoms with Gasteiger partial charge in [-0.25, -0.2) is 12.8 Å². The van der Waals surface area contributed by atoms with Gasteiger partial charge in [-0.2, -0.15) is 28.0 Å². The lowest BCUT2D eigenvalue weighted by Crippen LogP contribution is -2.33. The number of hydrogen-bond donors (Lipinski definition) is 0. The van der Waals surface area contributed by atoms with Gasteiger partial charge in [-0.3, -0.25) is 0 Å². The van der Waals surface area contributed by atoms with Gasteiger partial charge in [-0.1, -0.05) is 0 Å². The van der Waals surface area contributed by atoms with E-state index < -0.39 is 49.7 Å². The van der Waals surface area contributed by atoms with Crippen molar-refractivity contribution in [1.29, 1.82) is 10.5 Å². The van der Waals surface area contributed by atoms with E-state index in [2.05, 4.69) is 0 Å². The van der Waals surface area contributed by atoms with E-state index in [-0.39, 0.29) is 31.0 Å². The third kappa shape index (κ3) is 3.77. The van der Waals surface area contributed by atoms with E-state index in [9.17, 15) is 31.2 Å². The van der Waals surface area contributed by atoms with Crippen LogP contribution in [-0.2, 0) is 20.9 Å². The highest BCUT2D eigenvalue weighted by atomic mass is 32.2. The van der Waals surface area contributed by atoms with E-state index in [1.807, 2.05) is 0 Å². The summed E-state index contributed by atoms with van der Waals surface area (Å²) in [7, 11) is -4.35. The third-order valence-corrected chi connectivity index (χ3v) is 7.17. The zero-order valence-corrected chi connectivity index (χ0v) is 16.9. The SMILES string of the molecule is N#Cc1ccc(O[C@H]2CN(S(=O)(=O)c3ccc(C(F)(F)F)cc3C#N)C[C@]23CO3)cc1F. The van der Waals surface area contributed by atoms with Crippen LogP contribution in [0.3, 0.4) is 0 Å². The van der Waals surface area contributed by atoms with Crippen molar-refractivity contribution in [3.05, 3.63) is 58.9 Å². The Morgan fingerprint density at radius 1 is 1.12 bits per heavy atom. The first-order chi connectivity index (χ1) is 15.0. The van der Waals surface area contributed by atoms with Gasteiger partial charge in [0.2, 0.25) is 10.0 Å². The summed E-state index contributed by atoms with van der Waals surface area (Å²) in [6, 6.07) is 8.59. The standard InChI is InChI=1S/C20H13F4N3O4S/c21-16-6-15(3-1-12(16)7-25)31-18-9-27(10-19(18)11-30-19)32(28,29)17-4-2-14(20(22,23)24)5-13(17)8-26/h1-6,18H,9-11H2/t18-,19-/m0/s1. The maximum Gasteiger partial charge on any atom is 0.416 e. The quantitative estimate of drug-likeness (QED) is 0.506. The van der Waals surface area contributed by atoms with Gasteiger partial charge >= 0.3 is 6.18 Å². The summed E-state index contributed by atoms with van der Waals surface area (Å²) in [6.07, 6.45) is -5.56. The van der Waals surface area contributed by atoms with Gasteiger partial charge in [0.1, 0.15) is 35.4 Å². The smallest absolute Gasteiger partial charge is 0.416 e. The monoisotopic (exact) mass is 467 g/mol. The van der Waals surface area contributed by atoms with E-state index in [1.54, 1.807) is 6.07 Å². The Hall–Kier alpha value is -3.19. The molecule has 0 unspecified atom stereocenters. The zero-order chi connectivity index (χ0) is 23.3. The first kappa shape index (κ1) is 22.0. The van der Waals surface area contributed by atoms with E-state index in [1.165, 1.54) is 18.2 Å². The Labute approximate surface area is 180 Å². The van der Waals surface area contributed by atoms with Gasteiger partial charge in [0, 0.05) is 12.6 Å². The second kappa shape index (κ2) is 7.45. The molecule has 7 nitrogen and oxygen atoms in total. The summed E-state index contributed by atoms with van der Waals surface area (Å²) in [5, 5.41) is 18.1. The van der Waals surface area contributed by atoms with Crippen LogP contribution >= 0.6 is 0 Å². The number of nitriles is 2. The van der Waals surface area contributed by atoms with Gasteiger partial charge in [-0.05, 0) is 30.3 Å². The van der Waals surface area contributed by atoms with E-state index >= 15 is 0 Å². The summed E-state index contributed by atoms with van der Waals surface area (Å²) in [4.78, 5) is -0.561. The Kier molecular flexibility index (Phi) is 5.12. The van der Waals surface area contributed by atoms with Crippen LogP contribution in [0.5, 0.6) is 5.75 Å². The minimum atomic E-state index is -4.73. The number of epoxide rings is 1. The molecule has 2 saturated heterocycles. The molecule has 2 aliphatic heterocycles. The normalized spacial score (nSPS) is 23.0. The molecular weight excluding hydrogens is 454 g/mol. The number of hydrogen-bond acceptors (Lipinski definition) is 6. The molecule has 0 aromatic heterocycles. The minimum Gasteiger partial charge on any atom is -0.486 e. The molecule has 166 valence electrons. The molecule has 2 aromatic carbocycles. The van der Waals surface area contributed by atoms with Crippen LogP contribution in [0.15, 0.2) is 41.3 Å². The van der Waals surface area contributed by atoms with Crippen molar-refractivity contribution in [3.63, 3.8) is 0 Å². The highest BCUT2D eigenvalue weighted by molar-refractivity contribution is 7.89. The third-order valence-electron chi connectivity index (χ3n) is 5.30. The van der Waals surface area contributed by atoms with Gasteiger partial charge in [-0.15, -0.1) is 0 Å². The molecular formula is C20H13F4N3O4S. The number of ether oxygens (including phenoxy) is 2. The number of alkyl halides is 3. The molecule has 0 bridgehead atoms. The fourth-order valence-corrected chi connectivity index (χ4v) is 5.12. The second-order valence-corrected chi connectivity index (χ2v) is 9.24. The summed E-state index contributed by atoms with van der Waals surface area (Å²) in [6.45, 7) is -0.207. The number of nitrogens with zero attached hydrogens (tertiary/aromatic N) is 3. The highest BCUT2D eigenvalue weighted by Gasteiger charge is 2.61. The number of rotatable bonds is 4. The second-order valence-electron chi connectivity index (χ2n) is 7.33. The molecule has 0 saturated carbocycles. The Morgan fingerprint density at radius 3 is 2.38 bits per heavy atom. The molecule has 2 atom stereocenters. The molecule has 0 N–H and O–H groups in total. The average molecular weight is 467 g/mol. The molecule has 1 spiro atoms. The predicted octanol–water partition coefficient (Wildman–Crippen LogP) is 2.81. The maximum absolute atomic E-state index is 13.9. The van der Waals surface area contributed by atoms with Crippen molar-refractivity contribution in [2.75, 3.05) is 19.7 Å². The van der Waals surface area contributed by atoms with Crippen molar-refractivity contribution < 1.29 is 35.5 Å². The maximum atomic E-state index is 13.9. The molecule has 2 fully saturated rings. The average Bonchev–Trinajstić information content (AvgIpc) is 3.43. The Morgan fingerprint density at radius 2 is 1.81 bits per heavy atom. The van der Waals surface area contributed by atoms with Crippen LogP contribution in [0.4, 0.5) is 17.6 Å². The molecule has 12 heteroatoms. The van der Waals surface area contributed by atoms with Crippen LogP contribution in [0.1, 0.15) is 16.7 Å². The molecule has 2 aliphatic rings. The molecule has 2 aromatic rings. The van der Waals surface area contributed by atoms with E-state index in [0.29, 0.717) is 12.1 Å². The highest BCUT2D eigenvalue weighted by Crippen LogP contribution is 2.42. The van der Waals surface area contributed by atoms with Crippen LogP contribution < -0.4 is 4.74 Å². The topological polar surface area (TPSA) is 107 Å². The fourth-order valence-electron chi connectivity index (χ4n) is 3.50. The first-order valence-electron chi connectivity index (χ1n) is 9.12. The number of halogens is 4. The van der Waals surface area contributed by atoms with Crippen molar-refractivity contribution >= 4 is 10.0 Å². The summed E-state index contributed by atoms with van der Waals surface area (Å²) >= 11 is 0. The number of sulfonamides is 1. The van der Waals surface area contributed by atoms with Crippen molar-refractivity contribution in [1.82, 2.24) is 4.31 Å². The molecule has 0 aliphatic carbocycles. The van der Waals surface area contributed by atoms with Crippen molar-refractivity contribution in [2.45, 2.75) is 22.8 Å². The van der Waals surface area contributed by atoms with Crippen LogP contribution in [0.2, 0.25) is 0 Å². The summed E-state index contributed by atoms with van der Waals surface area (Å²) < 4.78 is 91.0. The van der Waals surface area contributed by atoms with Gasteiger partial charge in [0.05, 0.1) is 34.7 Å². The first-order valence-corrected chi connectivity index (χ1v) is 10.6. The Balaban J connectivity index is 1.61. The lowest BCUT2D eigenvalue weighted by atomic mass is 10.1. The van der Waals surface area contributed by atoms with Gasteiger partial charge in [0.25, 0.3) is 0 Å².